The number of benzene rings is 3. The predicted octanol–water partition coefficient (Wildman–Crippen LogP) is 5.18. The molecule has 1 saturated heterocycles. The molecule has 3 aromatic carbocycles. The quantitative estimate of drug-likeness (QED) is 0.541. The summed E-state index contributed by atoms with van der Waals surface area (Å²) in [5.74, 6) is 1.48. The minimum atomic E-state index is 0.123. The maximum absolute atomic E-state index is 12.9. The van der Waals surface area contributed by atoms with E-state index in [4.69, 9.17) is 4.74 Å². The van der Waals surface area contributed by atoms with E-state index >= 15 is 0 Å². The van der Waals surface area contributed by atoms with Gasteiger partial charge in [-0.25, -0.2) is 0 Å². The summed E-state index contributed by atoms with van der Waals surface area (Å²) in [6.45, 7) is 5.40. The molecule has 0 saturated carbocycles. The highest BCUT2D eigenvalue weighted by atomic mass is 16.5. The second-order valence-electron chi connectivity index (χ2n) is 8.80. The maximum Gasteiger partial charge on any atom is 0.170 e. The molecular formula is C27H27NO3. The van der Waals surface area contributed by atoms with Crippen LogP contribution >= 0.6 is 0 Å². The van der Waals surface area contributed by atoms with E-state index in [1.54, 1.807) is 0 Å². The minimum absolute atomic E-state index is 0.123. The van der Waals surface area contributed by atoms with Gasteiger partial charge in [0.1, 0.15) is 5.75 Å². The molecule has 3 aromatic rings. The van der Waals surface area contributed by atoms with Crippen molar-refractivity contribution in [2.24, 2.45) is 0 Å². The molecule has 0 bridgehead atoms. The minimum Gasteiger partial charge on any atom is -0.492 e. The van der Waals surface area contributed by atoms with E-state index < -0.39 is 0 Å². The second kappa shape index (κ2) is 8.27. The molecule has 0 N–H and O–H groups in total. The lowest BCUT2D eigenvalue weighted by molar-refractivity contribution is 0.0931. The second-order valence-corrected chi connectivity index (χ2v) is 8.80. The Balaban J connectivity index is 1.24. The Kier molecular flexibility index (Phi) is 5.33. The number of hydrogen-bond donors (Lipinski definition) is 0. The van der Waals surface area contributed by atoms with Gasteiger partial charge in [0.25, 0.3) is 0 Å². The molecule has 4 heteroatoms. The number of nitrogens with zero attached hydrogens (tertiary/aromatic N) is 1. The number of hydrogen-bond acceptors (Lipinski definition) is 4. The van der Waals surface area contributed by atoms with Crippen molar-refractivity contribution >= 4 is 22.3 Å². The summed E-state index contributed by atoms with van der Waals surface area (Å²) in [6.07, 6.45) is 2.10. The first-order valence-corrected chi connectivity index (χ1v) is 11.1. The number of ether oxygens (including phenoxy) is 1. The fourth-order valence-corrected chi connectivity index (χ4v) is 4.73. The van der Waals surface area contributed by atoms with Gasteiger partial charge in [0.2, 0.25) is 0 Å². The van der Waals surface area contributed by atoms with Crippen LogP contribution in [0.1, 0.15) is 57.0 Å². The molecule has 0 amide bonds. The Bertz CT molecular complexity index is 1150. The van der Waals surface area contributed by atoms with E-state index in [-0.39, 0.29) is 11.6 Å². The number of rotatable bonds is 5. The van der Waals surface area contributed by atoms with Crippen LogP contribution in [0.25, 0.3) is 10.8 Å². The van der Waals surface area contributed by atoms with Gasteiger partial charge in [0.15, 0.2) is 11.6 Å². The van der Waals surface area contributed by atoms with Crippen LogP contribution in [0.4, 0.5) is 0 Å². The first-order chi connectivity index (χ1) is 15.1. The average Bonchev–Trinajstić information content (AvgIpc) is 3.26. The fraction of sp³-hybridized carbons (Fsp3) is 0.333. The van der Waals surface area contributed by atoms with Gasteiger partial charge in [-0.05, 0) is 60.3 Å². The number of carbonyl (C=O) groups excluding carboxylic acids is 2. The summed E-state index contributed by atoms with van der Waals surface area (Å²) >= 11 is 0. The number of fused-ring (bicyclic) bond motifs is 2. The molecule has 4 nitrogen and oxygen atoms in total. The molecule has 5 rings (SSSR count). The molecule has 2 heterocycles. The number of likely N-dealkylation sites (tertiary alicyclic amines) is 1. The maximum atomic E-state index is 12.9. The molecule has 0 aromatic heterocycles. The zero-order valence-electron chi connectivity index (χ0n) is 17.9. The molecule has 0 spiro atoms. The Hall–Kier alpha value is -2.98. The van der Waals surface area contributed by atoms with E-state index in [0.717, 1.165) is 42.4 Å². The predicted molar refractivity (Wildman–Crippen MR) is 122 cm³/mol. The van der Waals surface area contributed by atoms with E-state index in [9.17, 15) is 9.59 Å². The SMILES string of the molecule is Cc1ccc(C2CCN(CCC(=O)c3ccc4cc5c(cc4c3)OCCC5=O)C2)cc1. The summed E-state index contributed by atoms with van der Waals surface area (Å²) in [5.41, 5.74) is 4.06. The first-order valence-electron chi connectivity index (χ1n) is 11.1. The Labute approximate surface area is 182 Å². The first kappa shape index (κ1) is 20.0. The molecule has 158 valence electrons. The van der Waals surface area contributed by atoms with Crippen molar-refractivity contribution in [1.29, 1.82) is 0 Å². The van der Waals surface area contributed by atoms with Crippen LogP contribution in [0.5, 0.6) is 5.75 Å². The Morgan fingerprint density at radius 2 is 1.90 bits per heavy atom. The molecule has 1 atom stereocenters. The van der Waals surface area contributed by atoms with Crippen molar-refractivity contribution in [2.75, 3.05) is 26.2 Å². The third-order valence-corrected chi connectivity index (χ3v) is 6.62. The summed E-state index contributed by atoms with van der Waals surface area (Å²) < 4.78 is 5.66. The lowest BCUT2D eigenvalue weighted by Gasteiger charge is -2.17. The normalized spacial score (nSPS) is 18.7. The molecule has 2 aliphatic heterocycles. The largest absolute Gasteiger partial charge is 0.492 e. The fourth-order valence-electron chi connectivity index (χ4n) is 4.73. The van der Waals surface area contributed by atoms with Gasteiger partial charge >= 0.3 is 0 Å². The highest BCUT2D eigenvalue weighted by molar-refractivity contribution is 6.05. The molecule has 2 aliphatic rings. The summed E-state index contributed by atoms with van der Waals surface area (Å²) in [7, 11) is 0. The number of aryl methyl sites for hydroxylation is 1. The Morgan fingerprint density at radius 1 is 1.06 bits per heavy atom. The lowest BCUT2D eigenvalue weighted by atomic mass is 9.97. The monoisotopic (exact) mass is 413 g/mol. The summed E-state index contributed by atoms with van der Waals surface area (Å²) in [5, 5.41) is 1.91. The number of ketones is 2. The van der Waals surface area contributed by atoms with Gasteiger partial charge in [-0.2, -0.15) is 0 Å². The van der Waals surface area contributed by atoms with Gasteiger partial charge in [0, 0.05) is 31.5 Å². The molecule has 1 unspecified atom stereocenters. The average molecular weight is 414 g/mol. The van der Waals surface area contributed by atoms with Crippen LogP contribution in [0.2, 0.25) is 0 Å². The standard InChI is InChI=1S/C27H27NO3/c1-18-2-4-19(5-3-18)22-8-11-28(17-22)12-9-25(29)21-7-6-20-15-24-26(30)10-13-31-27(24)16-23(20)14-21/h2-7,14-16,22H,8-13,17H2,1H3. The van der Waals surface area contributed by atoms with Gasteiger partial charge in [-0.1, -0.05) is 42.0 Å². The molecule has 1 fully saturated rings. The highest BCUT2D eigenvalue weighted by Gasteiger charge is 2.24. The van der Waals surface area contributed by atoms with Crippen molar-refractivity contribution in [2.45, 2.75) is 32.1 Å². The molecule has 0 aliphatic carbocycles. The van der Waals surface area contributed by atoms with Gasteiger partial charge in [-0.15, -0.1) is 0 Å². The zero-order valence-corrected chi connectivity index (χ0v) is 17.9. The lowest BCUT2D eigenvalue weighted by Crippen LogP contribution is -2.23. The van der Waals surface area contributed by atoms with Crippen molar-refractivity contribution < 1.29 is 14.3 Å². The van der Waals surface area contributed by atoms with Crippen molar-refractivity contribution in [3.05, 3.63) is 76.9 Å². The smallest absolute Gasteiger partial charge is 0.170 e. The zero-order chi connectivity index (χ0) is 21.4. The third-order valence-electron chi connectivity index (χ3n) is 6.62. The third kappa shape index (κ3) is 4.13. The van der Waals surface area contributed by atoms with Gasteiger partial charge in [0.05, 0.1) is 12.2 Å². The van der Waals surface area contributed by atoms with Crippen LogP contribution in [0.15, 0.2) is 54.6 Å². The summed E-state index contributed by atoms with van der Waals surface area (Å²) in [6, 6.07) is 18.4. The van der Waals surface area contributed by atoms with Crippen LogP contribution in [0, 0.1) is 6.92 Å². The van der Waals surface area contributed by atoms with E-state index in [0.29, 0.717) is 36.7 Å². The van der Waals surface area contributed by atoms with Gasteiger partial charge < -0.3 is 9.64 Å². The molecular weight excluding hydrogens is 386 g/mol. The van der Waals surface area contributed by atoms with Crippen molar-refractivity contribution in [1.82, 2.24) is 4.90 Å². The van der Waals surface area contributed by atoms with Crippen molar-refractivity contribution in [3.63, 3.8) is 0 Å². The molecule has 31 heavy (non-hydrogen) atoms. The number of carbonyl (C=O) groups is 2. The Morgan fingerprint density at radius 3 is 2.74 bits per heavy atom. The highest BCUT2D eigenvalue weighted by Crippen LogP contribution is 2.31. The van der Waals surface area contributed by atoms with Crippen LogP contribution in [-0.2, 0) is 0 Å². The summed E-state index contributed by atoms with van der Waals surface area (Å²) in [4.78, 5) is 27.4. The van der Waals surface area contributed by atoms with Crippen LogP contribution < -0.4 is 4.74 Å². The van der Waals surface area contributed by atoms with E-state index in [1.807, 2.05) is 30.3 Å². The van der Waals surface area contributed by atoms with Crippen LogP contribution in [0.3, 0.4) is 0 Å². The molecule has 0 radical (unpaired) electrons. The number of Topliss-reactive ketones (excluding diaryl/α,β-unsaturated/α-hetero) is 2. The van der Waals surface area contributed by atoms with Crippen molar-refractivity contribution in [3.8, 4) is 5.75 Å². The van der Waals surface area contributed by atoms with E-state index in [2.05, 4.69) is 36.1 Å². The topological polar surface area (TPSA) is 46.6 Å². The van der Waals surface area contributed by atoms with E-state index in [1.165, 1.54) is 11.1 Å². The van der Waals surface area contributed by atoms with Gasteiger partial charge in [-0.3, -0.25) is 9.59 Å². The van der Waals surface area contributed by atoms with Crippen LogP contribution in [-0.4, -0.2) is 42.7 Å².